The van der Waals surface area contributed by atoms with Crippen molar-refractivity contribution in [2.24, 2.45) is 5.92 Å². The maximum absolute atomic E-state index is 5.84. The summed E-state index contributed by atoms with van der Waals surface area (Å²) in [6.07, 6.45) is 4.52. The van der Waals surface area contributed by atoms with Gasteiger partial charge in [0.25, 0.3) is 0 Å². The average Bonchev–Trinajstić information content (AvgIpc) is 2.66. The summed E-state index contributed by atoms with van der Waals surface area (Å²) in [7, 11) is 4.32. The zero-order valence-corrected chi connectivity index (χ0v) is 12.1. The van der Waals surface area contributed by atoms with Gasteiger partial charge in [-0.15, -0.1) is 11.3 Å². The molecule has 0 unspecified atom stereocenters. The number of halogens is 1. The molecule has 0 aliphatic carbocycles. The van der Waals surface area contributed by atoms with Crippen LogP contribution in [-0.2, 0) is 6.54 Å². The molecule has 17 heavy (non-hydrogen) atoms. The lowest BCUT2D eigenvalue weighted by Gasteiger charge is -2.32. The molecule has 2 rings (SSSR count). The van der Waals surface area contributed by atoms with E-state index in [2.05, 4.69) is 28.9 Å². The van der Waals surface area contributed by atoms with Gasteiger partial charge < -0.3 is 4.90 Å². The van der Waals surface area contributed by atoms with Gasteiger partial charge in [0.1, 0.15) is 0 Å². The highest BCUT2D eigenvalue weighted by Crippen LogP contribution is 2.23. The smallest absolute Gasteiger partial charge is 0.183 e. The molecule has 0 aromatic carbocycles. The molecule has 0 bridgehead atoms. The highest BCUT2D eigenvalue weighted by atomic mass is 35.5. The van der Waals surface area contributed by atoms with Crippen LogP contribution in [0.2, 0.25) is 4.47 Å². The molecule has 0 amide bonds. The first-order chi connectivity index (χ1) is 8.13. The van der Waals surface area contributed by atoms with E-state index in [4.69, 9.17) is 11.6 Å². The van der Waals surface area contributed by atoms with Gasteiger partial charge in [-0.05, 0) is 45.9 Å². The number of thiazole rings is 1. The van der Waals surface area contributed by atoms with Crippen molar-refractivity contribution < 1.29 is 0 Å². The molecular weight excluding hydrogens is 254 g/mol. The van der Waals surface area contributed by atoms with Crippen molar-refractivity contribution in [2.75, 3.05) is 33.7 Å². The molecule has 0 radical (unpaired) electrons. The molecule has 0 spiro atoms. The highest BCUT2D eigenvalue weighted by molar-refractivity contribution is 7.15. The SMILES string of the molecule is CN(C)CC1CCN(Cc2cnc(Cl)s2)CC1. The fourth-order valence-electron chi connectivity index (χ4n) is 2.42. The van der Waals surface area contributed by atoms with E-state index in [1.165, 1.54) is 37.4 Å². The maximum atomic E-state index is 5.84. The Hall–Kier alpha value is -0.160. The molecule has 96 valence electrons. The van der Waals surface area contributed by atoms with Gasteiger partial charge in [0.15, 0.2) is 4.47 Å². The Morgan fingerprint density at radius 3 is 2.71 bits per heavy atom. The van der Waals surface area contributed by atoms with E-state index in [0.29, 0.717) is 4.47 Å². The number of hydrogen-bond donors (Lipinski definition) is 0. The number of piperidine rings is 1. The van der Waals surface area contributed by atoms with Gasteiger partial charge in [-0.25, -0.2) is 4.98 Å². The van der Waals surface area contributed by atoms with Gasteiger partial charge in [-0.3, -0.25) is 4.90 Å². The molecule has 1 aromatic heterocycles. The van der Waals surface area contributed by atoms with Crippen molar-refractivity contribution in [3.8, 4) is 0 Å². The molecule has 0 N–H and O–H groups in total. The van der Waals surface area contributed by atoms with Gasteiger partial charge >= 0.3 is 0 Å². The molecule has 2 heterocycles. The highest BCUT2D eigenvalue weighted by Gasteiger charge is 2.20. The first kappa shape index (κ1) is 13.3. The second-order valence-corrected chi connectivity index (χ2v) is 6.76. The summed E-state index contributed by atoms with van der Waals surface area (Å²) >= 11 is 7.44. The Morgan fingerprint density at radius 2 is 2.18 bits per heavy atom. The minimum absolute atomic E-state index is 0.655. The summed E-state index contributed by atoms with van der Waals surface area (Å²) in [5, 5.41) is 0. The summed E-state index contributed by atoms with van der Waals surface area (Å²) in [4.78, 5) is 10.2. The predicted octanol–water partition coefficient (Wildman–Crippen LogP) is 2.57. The van der Waals surface area contributed by atoms with Gasteiger partial charge in [0.05, 0.1) is 0 Å². The Morgan fingerprint density at radius 1 is 1.47 bits per heavy atom. The summed E-state index contributed by atoms with van der Waals surface area (Å²) in [5.41, 5.74) is 0. The third kappa shape index (κ3) is 4.21. The monoisotopic (exact) mass is 273 g/mol. The minimum atomic E-state index is 0.655. The summed E-state index contributed by atoms with van der Waals surface area (Å²) in [6, 6.07) is 0. The quantitative estimate of drug-likeness (QED) is 0.841. The van der Waals surface area contributed by atoms with Crippen molar-refractivity contribution in [3.63, 3.8) is 0 Å². The van der Waals surface area contributed by atoms with Gasteiger partial charge in [-0.1, -0.05) is 11.6 Å². The average molecular weight is 274 g/mol. The minimum Gasteiger partial charge on any atom is -0.309 e. The van der Waals surface area contributed by atoms with Crippen LogP contribution in [0, 0.1) is 5.92 Å². The Balaban J connectivity index is 1.75. The Kier molecular flexibility index (Phi) is 4.79. The van der Waals surface area contributed by atoms with E-state index in [1.54, 1.807) is 11.3 Å². The number of nitrogens with zero attached hydrogens (tertiary/aromatic N) is 3. The standard InChI is InChI=1S/C12H20ClN3S/c1-15(2)8-10-3-5-16(6-4-10)9-11-7-14-12(13)17-11/h7,10H,3-6,8-9H2,1-2H3. The van der Waals surface area contributed by atoms with Gasteiger partial charge in [-0.2, -0.15) is 0 Å². The van der Waals surface area contributed by atoms with Crippen LogP contribution in [0.25, 0.3) is 0 Å². The van der Waals surface area contributed by atoms with Crippen LogP contribution in [0.15, 0.2) is 6.20 Å². The van der Waals surface area contributed by atoms with E-state index < -0.39 is 0 Å². The number of aromatic nitrogens is 1. The van der Waals surface area contributed by atoms with Crippen LogP contribution in [-0.4, -0.2) is 48.5 Å². The second kappa shape index (κ2) is 6.14. The lowest BCUT2D eigenvalue weighted by atomic mass is 9.96. The van der Waals surface area contributed by atoms with Gasteiger partial charge in [0.2, 0.25) is 0 Å². The third-order valence-electron chi connectivity index (χ3n) is 3.24. The zero-order chi connectivity index (χ0) is 12.3. The van der Waals surface area contributed by atoms with Crippen molar-refractivity contribution >= 4 is 22.9 Å². The lowest BCUT2D eigenvalue weighted by Crippen LogP contribution is -2.36. The Bertz CT molecular complexity index is 345. The molecule has 3 nitrogen and oxygen atoms in total. The first-order valence-electron chi connectivity index (χ1n) is 6.11. The van der Waals surface area contributed by atoms with Crippen molar-refractivity contribution in [1.82, 2.24) is 14.8 Å². The van der Waals surface area contributed by atoms with Crippen molar-refractivity contribution in [1.29, 1.82) is 0 Å². The molecule has 1 aliphatic rings. The summed E-state index contributed by atoms with van der Waals surface area (Å²) < 4.78 is 0.655. The number of rotatable bonds is 4. The van der Waals surface area contributed by atoms with E-state index in [1.807, 2.05) is 6.20 Å². The van der Waals surface area contributed by atoms with E-state index in [0.717, 1.165) is 12.5 Å². The zero-order valence-electron chi connectivity index (χ0n) is 10.5. The molecule has 5 heteroatoms. The van der Waals surface area contributed by atoms with E-state index in [-0.39, 0.29) is 0 Å². The maximum Gasteiger partial charge on any atom is 0.183 e. The van der Waals surface area contributed by atoms with Crippen LogP contribution in [0.5, 0.6) is 0 Å². The van der Waals surface area contributed by atoms with Crippen molar-refractivity contribution in [2.45, 2.75) is 19.4 Å². The van der Waals surface area contributed by atoms with E-state index >= 15 is 0 Å². The molecular formula is C12H20ClN3S. The molecule has 1 fully saturated rings. The second-order valence-electron chi connectivity index (χ2n) is 5.06. The third-order valence-corrected chi connectivity index (χ3v) is 4.33. The van der Waals surface area contributed by atoms with Crippen LogP contribution in [0.4, 0.5) is 0 Å². The van der Waals surface area contributed by atoms with Crippen LogP contribution >= 0.6 is 22.9 Å². The predicted molar refractivity (Wildman–Crippen MR) is 73.7 cm³/mol. The summed E-state index contributed by atoms with van der Waals surface area (Å²) in [6.45, 7) is 4.64. The molecule has 1 saturated heterocycles. The Labute approximate surface area is 112 Å². The van der Waals surface area contributed by atoms with Crippen LogP contribution < -0.4 is 0 Å². The van der Waals surface area contributed by atoms with E-state index in [9.17, 15) is 0 Å². The first-order valence-corrected chi connectivity index (χ1v) is 7.30. The lowest BCUT2D eigenvalue weighted by molar-refractivity contribution is 0.158. The molecule has 1 aromatic rings. The normalized spacial score (nSPS) is 19.1. The number of likely N-dealkylation sites (tertiary alicyclic amines) is 1. The molecule has 0 atom stereocenters. The summed E-state index contributed by atoms with van der Waals surface area (Å²) in [5.74, 6) is 0.867. The van der Waals surface area contributed by atoms with Crippen molar-refractivity contribution in [3.05, 3.63) is 15.5 Å². The largest absolute Gasteiger partial charge is 0.309 e. The van der Waals surface area contributed by atoms with Crippen LogP contribution in [0.3, 0.4) is 0 Å². The van der Waals surface area contributed by atoms with Gasteiger partial charge in [0, 0.05) is 24.2 Å². The van der Waals surface area contributed by atoms with Crippen LogP contribution in [0.1, 0.15) is 17.7 Å². The number of hydrogen-bond acceptors (Lipinski definition) is 4. The fourth-order valence-corrected chi connectivity index (χ4v) is 3.44. The topological polar surface area (TPSA) is 19.4 Å². The fraction of sp³-hybridized carbons (Fsp3) is 0.750. The molecule has 0 saturated carbocycles. The molecule has 1 aliphatic heterocycles.